The lowest BCUT2D eigenvalue weighted by atomic mass is 9.63. The Kier molecular flexibility index (Phi) is 4.66. The molecule has 0 unspecified atom stereocenters. The average molecular weight is 435 g/mol. The topological polar surface area (TPSA) is 78.3 Å². The molecule has 164 valence electrons. The van der Waals surface area contributed by atoms with Crippen LogP contribution in [0.3, 0.4) is 0 Å². The van der Waals surface area contributed by atoms with Crippen LogP contribution in [0.5, 0.6) is 5.75 Å². The molecule has 0 amide bonds. The van der Waals surface area contributed by atoms with Crippen LogP contribution in [-0.4, -0.2) is 32.0 Å². The lowest BCUT2D eigenvalue weighted by Crippen LogP contribution is -2.58. The number of nitrogens with zero attached hydrogens (tertiary/aromatic N) is 2. The number of rotatable bonds is 2. The van der Waals surface area contributed by atoms with Gasteiger partial charge < -0.3 is 15.5 Å². The monoisotopic (exact) mass is 435 g/mol. The van der Waals surface area contributed by atoms with E-state index in [1.54, 1.807) is 20.8 Å². The molecule has 9 heteroatoms. The Morgan fingerprint density at radius 3 is 2.55 bits per heavy atom. The zero-order chi connectivity index (χ0) is 22.8. The molecule has 3 N–H and O–H groups in total. The SMILES string of the molecule is Cc1ncc2c(N[C@@H]3c4cccc(O)c4C(C)(C)C[C@]3(O)C(F)(F)F)ccc(F)c2n1. The van der Waals surface area contributed by atoms with E-state index in [0.29, 0.717) is 11.4 Å². The fourth-order valence-corrected chi connectivity index (χ4v) is 4.57. The van der Waals surface area contributed by atoms with Gasteiger partial charge in [-0.1, -0.05) is 26.0 Å². The Balaban J connectivity index is 1.95. The second-order valence-corrected chi connectivity index (χ2v) is 8.58. The van der Waals surface area contributed by atoms with Gasteiger partial charge in [0.2, 0.25) is 0 Å². The summed E-state index contributed by atoms with van der Waals surface area (Å²) in [4.78, 5) is 8.07. The van der Waals surface area contributed by atoms with Gasteiger partial charge in [-0.2, -0.15) is 13.2 Å². The lowest BCUT2D eigenvalue weighted by molar-refractivity contribution is -0.275. The van der Waals surface area contributed by atoms with Crippen molar-refractivity contribution in [3.05, 3.63) is 59.3 Å². The smallest absolute Gasteiger partial charge is 0.419 e. The Morgan fingerprint density at radius 1 is 1.16 bits per heavy atom. The number of aliphatic hydroxyl groups is 1. The van der Waals surface area contributed by atoms with Crippen molar-refractivity contribution in [1.29, 1.82) is 0 Å². The minimum Gasteiger partial charge on any atom is -0.508 e. The molecule has 4 rings (SSSR count). The number of nitrogens with one attached hydrogen (secondary N) is 1. The van der Waals surface area contributed by atoms with Crippen LogP contribution >= 0.6 is 0 Å². The highest BCUT2D eigenvalue weighted by Gasteiger charge is 2.64. The third-order valence-electron chi connectivity index (χ3n) is 5.86. The van der Waals surface area contributed by atoms with Gasteiger partial charge in [0.15, 0.2) is 5.60 Å². The van der Waals surface area contributed by atoms with E-state index in [2.05, 4.69) is 15.3 Å². The highest BCUT2D eigenvalue weighted by atomic mass is 19.4. The van der Waals surface area contributed by atoms with E-state index in [-0.39, 0.29) is 27.9 Å². The normalized spacial score (nSPS) is 22.9. The van der Waals surface area contributed by atoms with Crippen LogP contribution in [0, 0.1) is 12.7 Å². The van der Waals surface area contributed by atoms with Crippen molar-refractivity contribution in [2.45, 2.75) is 50.4 Å². The summed E-state index contributed by atoms with van der Waals surface area (Å²) < 4.78 is 56.9. The number of benzene rings is 2. The van der Waals surface area contributed by atoms with E-state index in [0.717, 1.165) is 6.07 Å². The fraction of sp³-hybridized carbons (Fsp3) is 0.364. The average Bonchev–Trinajstić information content (AvgIpc) is 2.65. The van der Waals surface area contributed by atoms with Gasteiger partial charge in [-0.05, 0) is 42.5 Å². The van der Waals surface area contributed by atoms with Crippen LogP contribution in [0.25, 0.3) is 10.9 Å². The van der Waals surface area contributed by atoms with Crippen LogP contribution in [0.4, 0.5) is 23.2 Å². The van der Waals surface area contributed by atoms with Crippen LogP contribution in [0.2, 0.25) is 0 Å². The zero-order valence-electron chi connectivity index (χ0n) is 17.0. The van der Waals surface area contributed by atoms with Gasteiger partial charge in [0.05, 0.1) is 6.04 Å². The number of aromatic hydroxyl groups is 1. The van der Waals surface area contributed by atoms with E-state index in [4.69, 9.17) is 0 Å². The maximum Gasteiger partial charge on any atom is 0.419 e. The van der Waals surface area contributed by atoms with Crippen LogP contribution in [0.1, 0.15) is 43.3 Å². The van der Waals surface area contributed by atoms with Crippen molar-refractivity contribution in [3.63, 3.8) is 0 Å². The summed E-state index contributed by atoms with van der Waals surface area (Å²) in [6.45, 7) is 4.66. The molecule has 1 aliphatic rings. The lowest BCUT2D eigenvalue weighted by Gasteiger charge is -2.49. The second-order valence-electron chi connectivity index (χ2n) is 8.58. The summed E-state index contributed by atoms with van der Waals surface area (Å²) in [5.41, 5.74) is -3.78. The van der Waals surface area contributed by atoms with Crippen molar-refractivity contribution < 1.29 is 27.8 Å². The highest BCUT2D eigenvalue weighted by molar-refractivity contribution is 5.91. The molecule has 0 fully saturated rings. The number of phenolic OH excluding ortho intramolecular Hbond substituents is 1. The largest absolute Gasteiger partial charge is 0.508 e. The summed E-state index contributed by atoms with van der Waals surface area (Å²) >= 11 is 0. The van der Waals surface area contributed by atoms with E-state index >= 15 is 0 Å². The first kappa shape index (κ1) is 21.3. The highest BCUT2D eigenvalue weighted by Crippen LogP contribution is 2.56. The van der Waals surface area contributed by atoms with Gasteiger partial charge in [-0.25, -0.2) is 14.4 Å². The molecule has 0 spiro atoms. The fourth-order valence-electron chi connectivity index (χ4n) is 4.57. The summed E-state index contributed by atoms with van der Waals surface area (Å²) in [5, 5.41) is 24.4. The molecule has 3 aromatic rings. The van der Waals surface area contributed by atoms with Crippen molar-refractivity contribution in [2.75, 3.05) is 5.32 Å². The summed E-state index contributed by atoms with van der Waals surface area (Å²) in [5.74, 6) is -0.480. The minimum absolute atomic E-state index is 0.0414. The predicted octanol–water partition coefficient (Wildman–Crippen LogP) is 4.91. The van der Waals surface area contributed by atoms with Gasteiger partial charge in [0.25, 0.3) is 0 Å². The first-order valence-electron chi connectivity index (χ1n) is 9.65. The Morgan fingerprint density at radius 2 is 1.87 bits per heavy atom. The minimum atomic E-state index is -4.98. The molecule has 0 radical (unpaired) electrons. The first-order chi connectivity index (χ1) is 14.3. The quantitative estimate of drug-likeness (QED) is 0.499. The van der Waals surface area contributed by atoms with E-state index in [1.807, 2.05) is 0 Å². The Bertz CT molecular complexity index is 1180. The number of aromatic nitrogens is 2. The van der Waals surface area contributed by atoms with Crippen molar-refractivity contribution in [2.24, 2.45) is 0 Å². The number of anilines is 1. The van der Waals surface area contributed by atoms with E-state index in [1.165, 1.54) is 30.5 Å². The zero-order valence-corrected chi connectivity index (χ0v) is 17.0. The summed E-state index contributed by atoms with van der Waals surface area (Å²) in [7, 11) is 0. The van der Waals surface area contributed by atoms with Crippen LogP contribution in [-0.2, 0) is 5.41 Å². The van der Waals surface area contributed by atoms with Crippen molar-refractivity contribution in [3.8, 4) is 5.75 Å². The Labute approximate surface area is 175 Å². The van der Waals surface area contributed by atoms with E-state index < -0.39 is 35.5 Å². The number of aryl methyl sites for hydroxylation is 1. The number of phenols is 1. The summed E-state index contributed by atoms with van der Waals surface area (Å²) in [6.07, 6.45) is -4.33. The van der Waals surface area contributed by atoms with Crippen molar-refractivity contribution >= 4 is 16.6 Å². The molecular weight excluding hydrogens is 414 g/mol. The number of hydrogen-bond acceptors (Lipinski definition) is 5. The van der Waals surface area contributed by atoms with Crippen LogP contribution in [0.15, 0.2) is 36.5 Å². The molecular formula is C22H21F4N3O2. The Hall–Kier alpha value is -2.94. The van der Waals surface area contributed by atoms with Gasteiger partial charge in [-0.3, -0.25) is 0 Å². The predicted molar refractivity (Wildman–Crippen MR) is 107 cm³/mol. The molecule has 2 atom stereocenters. The molecule has 1 aliphatic carbocycles. The standard InChI is InChI=1S/C22H21F4N3O2/c1-11-27-9-13-15(8-7-14(23)18(13)28-11)29-19-12-5-4-6-16(30)17(12)20(2,3)10-21(19,31)22(24,25)26/h4-9,19,29-31H,10H2,1-3H3/t19-,21-/m1/s1. The third-order valence-corrected chi connectivity index (χ3v) is 5.86. The first-order valence-corrected chi connectivity index (χ1v) is 9.65. The van der Waals surface area contributed by atoms with Gasteiger partial charge in [0, 0.05) is 22.8 Å². The molecule has 1 aromatic heterocycles. The van der Waals surface area contributed by atoms with Gasteiger partial charge in [-0.15, -0.1) is 0 Å². The molecule has 5 nitrogen and oxygen atoms in total. The molecule has 0 saturated carbocycles. The molecule has 0 aliphatic heterocycles. The van der Waals surface area contributed by atoms with Gasteiger partial charge >= 0.3 is 6.18 Å². The summed E-state index contributed by atoms with van der Waals surface area (Å²) in [6, 6.07) is 5.00. The molecule has 31 heavy (non-hydrogen) atoms. The molecule has 1 heterocycles. The second kappa shape index (κ2) is 6.78. The molecule has 0 saturated heterocycles. The molecule has 0 bridgehead atoms. The maximum atomic E-state index is 14.3. The number of hydrogen-bond donors (Lipinski definition) is 3. The molecule has 2 aromatic carbocycles. The van der Waals surface area contributed by atoms with E-state index in [9.17, 15) is 27.8 Å². The maximum absolute atomic E-state index is 14.3. The van der Waals surface area contributed by atoms with Crippen molar-refractivity contribution in [1.82, 2.24) is 9.97 Å². The van der Waals surface area contributed by atoms with Gasteiger partial charge in [0.1, 0.15) is 22.9 Å². The number of alkyl halides is 3. The number of halogens is 4. The number of fused-ring (bicyclic) bond motifs is 2. The van der Waals surface area contributed by atoms with Crippen LogP contribution < -0.4 is 5.32 Å². The third kappa shape index (κ3) is 3.27.